The summed E-state index contributed by atoms with van der Waals surface area (Å²) < 4.78 is 0. The van der Waals surface area contributed by atoms with E-state index in [0.29, 0.717) is 6.42 Å². The van der Waals surface area contributed by atoms with Gasteiger partial charge in [-0.3, -0.25) is 0 Å². The van der Waals surface area contributed by atoms with E-state index in [4.69, 9.17) is 15.9 Å². The van der Waals surface area contributed by atoms with E-state index < -0.39 is 22.3 Å². The van der Waals surface area contributed by atoms with Crippen LogP contribution >= 0.6 is 0 Å². The third kappa shape index (κ3) is 1.45. The van der Waals surface area contributed by atoms with Crippen LogP contribution in [0.4, 0.5) is 0 Å². The Morgan fingerprint density at radius 2 is 1.76 bits per heavy atom. The summed E-state index contributed by atoms with van der Waals surface area (Å²) in [5, 5.41) is 49.0. The normalized spacial score (nSPS) is 35.7. The average Bonchev–Trinajstić information content (AvgIpc) is 2.38. The van der Waals surface area contributed by atoms with Gasteiger partial charge in [0.1, 0.15) is 23.5 Å². The lowest BCUT2D eigenvalue weighted by atomic mass is 9.45. The van der Waals surface area contributed by atoms with Crippen LogP contribution in [-0.4, -0.2) is 11.3 Å². The van der Waals surface area contributed by atoms with E-state index in [1.165, 1.54) is 0 Å². The van der Waals surface area contributed by atoms with Crippen molar-refractivity contribution in [3.05, 3.63) is 11.3 Å². The van der Waals surface area contributed by atoms with Crippen LogP contribution in [0.25, 0.3) is 0 Å². The Morgan fingerprint density at radius 3 is 2.19 bits per heavy atom. The molecule has 1 saturated carbocycles. The van der Waals surface area contributed by atoms with Crippen LogP contribution in [0.15, 0.2) is 11.3 Å². The van der Waals surface area contributed by atoms with Crippen LogP contribution in [0.2, 0.25) is 0 Å². The van der Waals surface area contributed by atoms with E-state index in [-0.39, 0.29) is 17.0 Å². The van der Waals surface area contributed by atoms with Crippen molar-refractivity contribution in [3.8, 4) is 24.3 Å². The molecule has 0 amide bonds. The fourth-order valence-corrected chi connectivity index (χ4v) is 3.88. The van der Waals surface area contributed by atoms with E-state index in [1.54, 1.807) is 19.1 Å². The zero-order chi connectivity index (χ0) is 16.1. The molecule has 0 spiro atoms. The monoisotopic (exact) mass is 278 g/mol. The van der Waals surface area contributed by atoms with Crippen LogP contribution < -0.4 is 5.32 Å². The molecule has 0 aromatic heterocycles. The lowest BCUT2D eigenvalue weighted by Crippen LogP contribution is -2.72. The lowest BCUT2D eigenvalue weighted by Gasteiger charge is -2.61. The van der Waals surface area contributed by atoms with Crippen molar-refractivity contribution in [1.29, 1.82) is 26.5 Å². The SMILES string of the molecule is CC1(C)C[C@]2(C)NC(=C(C#N)C#N)[C@]1(C#N)C(=N)[C@@H]2C#N. The molecule has 6 nitrogen and oxygen atoms in total. The highest BCUT2D eigenvalue weighted by atomic mass is 15.1. The molecule has 0 radical (unpaired) electrons. The van der Waals surface area contributed by atoms with Gasteiger partial charge >= 0.3 is 0 Å². The molecule has 3 fully saturated rings. The number of piperidine rings is 2. The Bertz CT molecular complexity index is 713. The molecule has 0 aromatic carbocycles. The molecule has 21 heavy (non-hydrogen) atoms. The summed E-state index contributed by atoms with van der Waals surface area (Å²) in [5.41, 5.74) is -2.90. The molecule has 0 aromatic rings. The molecule has 2 bridgehead atoms. The first kappa shape index (κ1) is 14.6. The molecule has 3 rings (SSSR count). The van der Waals surface area contributed by atoms with Crippen LogP contribution in [0.1, 0.15) is 27.2 Å². The van der Waals surface area contributed by atoms with Crippen LogP contribution in [0, 0.1) is 67.5 Å². The summed E-state index contributed by atoms with van der Waals surface area (Å²) in [6, 6.07) is 7.82. The molecule has 6 heteroatoms. The molecule has 104 valence electrons. The van der Waals surface area contributed by atoms with E-state index >= 15 is 0 Å². The fraction of sp³-hybridized carbons (Fsp3) is 0.533. The van der Waals surface area contributed by atoms with Gasteiger partial charge in [0.2, 0.25) is 0 Å². The molecule has 0 unspecified atom stereocenters. The van der Waals surface area contributed by atoms with Gasteiger partial charge in [0.25, 0.3) is 0 Å². The Balaban J connectivity index is 2.91. The summed E-state index contributed by atoms with van der Waals surface area (Å²) in [7, 11) is 0. The highest BCUT2D eigenvalue weighted by Crippen LogP contribution is 2.61. The van der Waals surface area contributed by atoms with E-state index in [0.717, 1.165) is 0 Å². The molecule has 2 saturated heterocycles. The van der Waals surface area contributed by atoms with Gasteiger partial charge in [-0.2, -0.15) is 21.0 Å². The molecular formula is C15H14N6. The molecule has 1 aliphatic carbocycles. The molecule has 3 atom stereocenters. The maximum absolute atomic E-state index is 9.79. The van der Waals surface area contributed by atoms with Crippen molar-refractivity contribution in [2.75, 3.05) is 0 Å². The number of allylic oxidation sites excluding steroid dienone is 2. The van der Waals surface area contributed by atoms with Crippen molar-refractivity contribution >= 4 is 5.71 Å². The first-order valence-electron chi connectivity index (χ1n) is 6.47. The van der Waals surface area contributed by atoms with Crippen molar-refractivity contribution < 1.29 is 0 Å². The van der Waals surface area contributed by atoms with Gasteiger partial charge in [0.15, 0.2) is 5.57 Å². The smallest absolute Gasteiger partial charge is 0.150 e. The number of fused-ring (bicyclic) bond motifs is 3. The predicted molar refractivity (Wildman–Crippen MR) is 73.1 cm³/mol. The zero-order valence-electron chi connectivity index (χ0n) is 12.1. The number of nitriles is 4. The highest BCUT2D eigenvalue weighted by molar-refractivity contribution is 6.01. The Morgan fingerprint density at radius 1 is 1.19 bits per heavy atom. The largest absolute Gasteiger partial charge is 0.378 e. The minimum absolute atomic E-state index is 0.0250. The maximum atomic E-state index is 9.79. The number of hydrogen-bond acceptors (Lipinski definition) is 6. The molecule has 2 heterocycles. The number of nitrogens with one attached hydrogen (secondary N) is 2. The number of rotatable bonds is 0. The van der Waals surface area contributed by atoms with Crippen molar-refractivity contribution in [2.45, 2.75) is 32.7 Å². The molecular weight excluding hydrogens is 264 g/mol. The second-order valence-corrected chi connectivity index (χ2v) is 6.41. The van der Waals surface area contributed by atoms with Crippen LogP contribution in [0.3, 0.4) is 0 Å². The first-order valence-corrected chi connectivity index (χ1v) is 6.47. The van der Waals surface area contributed by atoms with Gasteiger partial charge < -0.3 is 10.7 Å². The minimum Gasteiger partial charge on any atom is -0.378 e. The summed E-state index contributed by atoms with van der Waals surface area (Å²) in [4.78, 5) is 0. The maximum Gasteiger partial charge on any atom is 0.150 e. The second kappa shape index (κ2) is 4.08. The van der Waals surface area contributed by atoms with Crippen LogP contribution in [0.5, 0.6) is 0 Å². The van der Waals surface area contributed by atoms with Gasteiger partial charge in [-0.1, -0.05) is 13.8 Å². The summed E-state index contributed by atoms with van der Waals surface area (Å²) in [5.74, 6) is -0.757. The highest BCUT2D eigenvalue weighted by Gasteiger charge is 2.68. The van der Waals surface area contributed by atoms with E-state index in [1.807, 2.05) is 13.8 Å². The van der Waals surface area contributed by atoms with Crippen LogP contribution in [-0.2, 0) is 0 Å². The molecule has 2 aliphatic heterocycles. The molecule has 2 N–H and O–H groups in total. The fourth-order valence-electron chi connectivity index (χ4n) is 3.88. The van der Waals surface area contributed by atoms with Gasteiger partial charge in [-0.15, -0.1) is 0 Å². The third-order valence-corrected chi connectivity index (χ3v) is 4.71. The number of nitrogens with zero attached hydrogens (tertiary/aromatic N) is 4. The van der Waals surface area contributed by atoms with Gasteiger partial charge in [-0.05, 0) is 18.8 Å². The third-order valence-electron chi connectivity index (χ3n) is 4.71. The first-order chi connectivity index (χ1) is 9.74. The van der Waals surface area contributed by atoms with E-state index in [9.17, 15) is 10.5 Å². The number of hydrogen-bond donors (Lipinski definition) is 2. The second-order valence-electron chi connectivity index (χ2n) is 6.41. The Labute approximate surface area is 123 Å². The van der Waals surface area contributed by atoms with Crippen molar-refractivity contribution in [1.82, 2.24) is 5.32 Å². The Kier molecular flexibility index (Phi) is 2.83. The summed E-state index contributed by atoms with van der Waals surface area (Å²) in [6.45, 7) is 5.47. The molecule has 3 aliphatic rings. The summed E-state index contributed by atoms with van der Waals surface area (Å²) in [6.07, 6.45) is 0.502. The quantitative estimate of drug-likeness (QED) is 0.651. The summed E-state index contributed by atoms with van der Waals surface area (Å²) >= 11 is 0. The van der Waals surface area contributed by atoms with E-state index in [2.05, 4.69) is 17.5 Å². The lowest BCUT2D eigenvalue weighted by molar-refractivity contribution is 0.0572. The average molecular weight is 278 g/mol. The topological polar surface area (TPSA) is 131 Å². The van der Waals surface area contributed by atoms with Gasteiger partial charge in [0, 0.05) is 0 Å². The van der Waals surface area contributed by atoms with Gasteiger partial charge in [-0.25, -0.2) is 0 Å². The Hall–Kier alpha value is -2.83. The standard InChI is InChI=1S/C15H14N6/c1-13(2)7-14(3)10(6-18)11(20)15(13,8-19)12(21-14)9(4-16)5-17/h10,20-21H,7H2,1-3H3/t10-,14-,15-/m0/s1. The van der Waals surface area contributed by atoms with Crippen molar-refractivity contribution in [2.24, 2.45) is 16.7 Å². The van der Waals surface area contributed by atoms with Gasteiger partial charge in [0.05, 0.1) is 29.1 Å². The zero-order valence-corrected chi connectivity index (χ0v) is 12.1. The predicted octanol–water partition coefficient (Wildman–Crippen LogP) is 1.75. The van der Waals surface area contributed by atoms with Crippen molar-refractivity contribution in [3.63, 3.8) is 0 Å². The minimum atomic E-state index is -1.44.